The van der Waals surface area contributed by atoms with Gasteiger partial charge in [0.25, 0.3) is 0 Å². The average molecular weight is 136 g/mol. The summed E-state index contributed by atoms with van der Waals surface area (Å²) in [5.41, 5.74) is 5.15. The number of nitrogen functional groups attached to an aromatic ring is 1. The van der Waals surface area contributed by atoms with Crippen LogP contribution in [-0.4, -0.2) is 4.98 Å². The highest BCUT2D eigenvalue weighted by molar-refractivity contribution is 7.13. The SMILES string of the molecule is Cl.Nc1n[c]cs1. The molecule has 0 unspecified atom stereocenters. The van der Waals surface area contributed by atoms with Crippen LogP contribution < -0.4 is 5.73 Å². The third-order valence-electron chi connectivity index (χ3n) is 0.407. The standard InChI is InChI=1S/C3H3N2S.ClH/c4-3-5-1-2-6-3;/h2H,(H2,4,5);1H. The second kappa shape index (κ2) is 2.82. The zero-order valence-electron chi connectivity index (χ0n) is 3.42. The second-order valence-electron chi connectivity index (χ2n) is 0.815. The van der Waals surface area contributed by atoms with Crippen molar-refractivity contribution in [2.45, 2.75) is 0 Å². The van der Waals surface area contributed by atoms with Crippen LogP contribution in [0, 0.1) is 6.20 Å². The van der Waals surface area contributed by atoms with E-state index in [0.29, 0.717) is 5.13 Å². The van der Waals surface area contributed by atoms with E-state index in [-0.39, 0.29) is 12.4 Å². The molecule has 0 saturated heterocycles. The average Bonchev–Trinajstić information content (AvgIpc) is 1.86. The van der Waals surface area contributed by atoms with E-state index >= 15 is 0 Å². The number of anilines is 1. The Balaban J connectivity index is 0.000000360. The highest BCUT2D eigenvalue weighted by Gasteiger charge is 1.77. The summed E-state index contributed by atoms with van der Waals surface area (Å²) in [6.45, 7) is 0. The number of nitrogens with zero attached hydrogens (tertiary/aromatic N) is 1. The van der Waals surface area contributed by atoms with E-state index in [2.05, 4.69) is 11.2 Å². The number of hydrogen-bond donors (Lipinski definition) is 1. The Morgan fingerprint density at radius 2 is 2.57 bits per heavy atom. The molecule has 7 heavy (non-hydrogen) atoms. The van der Waals surface area contributed by atoms with Crippen molar-refractivity contribution in [3.8, 4) is 0 Å². The van der Waals surface area contributed by atoms with Gasteiger partial charge in [-0.1, -0.05) is 0 Å². The molecule has 0 amide bonds. The van der Waals surface area contributed by atoms with Crippen LogP contribution in [0.4, 0.5) is 5.13 Å². The minimum Gasteiger partial charge on any atom is -0.375 e. The Bertz CT molecular complexity index is 116. The number of rotatable bonds is 0. The number of halogens is 1. The van der Waals surface area contributed by atoms with Gasteiger partial charge in [0.1, 0.15) is 6.20 Å². The van der Waals surface area contributed by atoms with Crippen molar-refractivity contribution in [1.29, 1.82) is 0 Å². The molecule has 2 nitrogen and oxygen atoms in total. The van der Waals surface area contributed by atoms with Crippen molar-refractivity contribution >= 4 is 28.9 Å². The third-order valence-corrected chi connectivity index (χ3v) is 0.963. The van der Waals surface area contributed by atoms with Gasteiger partial charge in [-0.3, -0.25) is 0 Å². The normalized spacial score (nSPS) is 7.43. The van der Waals surface area contributed by atoms with Crippen LogP contribution in [0.2, 0.25) is 0 Å². The van der Waals surface area contributed by atoms with E-state index in [1.807, 2.05) is 0 Å². The monoisotopic (exact) mass is 135 g/mol. The van der Waals surface area contributed by atoms with Crippen LogP contribution >= 0.6 is 23.7 Å². The highest BCUT2D eigenvalue weighted by Crippen LogP contribution is 2.01. The lowest BCUT2D eigenvalue weighted by molar-refractivity contribution is 1.41. The van der Waals surface area contributed by atoms with Crippen molar-refractivity contribution in [3.63, 3.8) is 0 Å². The summed E-state index contributed by atoms with van der Waals surface area (Å²) in [6.07, 6.45) is 2.57. The van der Waals surface area contributed by atoms with Gasteiger partial charge in [-0.25, -0.2) is 4.98 Å². The number of hydrogen-bond acceptors (Lipinski definition) is 3. The molecule has 1 rings (SSSR count). The minimum atomic E-state index is 0. The lowest BCUT2D eigenvalue weighted by atomic mass is 11.0. The summed E-state index contributed by atoms with van der Waals surface area (Å²) in [6, 6.07) is 0. The Morgan fingerprint density at radius 1 is 1.86 bits per heavy atom. The molecule has 1 heterocycles. The Hall–Kier alpha value is -0.280. The maximum atomic E-state index is 5.15. The summed E-state index contributed by atoms with van der Waals surface area (Å²) >= 11 is 1.39. The van der Waals surface area contributed by atoms with Gasteiger partial charge >= 0.3 is 0 Å². The van der Waals surface area contributed by atoms with Gasteiger partial charge in [0.2, 0.25) is 0 Å². The quantitative estimate of drug-likeness (QED) is 0.575. The van der Waals surface area contributed by atoms with Crippen LogP contribution in [0.15, 0.2) is 5.38 Å². The van der Waals surface area contributed by atoms with Crippen LogP contribution in [0.5, 0.6) is 0 Å². The minimum absolute atomic E-state index is 0. The first-order valence-electron chi connectivity index (χ1n) is 1.46. The molecular weight excluding hydrogens is 132 g/mol. The molecule has 1 aromatic heterocycles. The number of aromatic nitrogens is 1. The zero-order valence-corrected chi connectivity index (χ0v) is 5.05. The predicted octanol–water partition coefficient (Wildman–Crippen LogP) is 0.947. The Labute approximate surface area is 51.8 Å². The van der Waals surface area contributed by atoms with E-state index in [1.165, 1.54) is 11.3 Å². The van der Waals surface area contributed by atoms with E-state index in [4.69, 9.17) is 5.73 Å². The molecule has 0 spiro atoms. The molecule has 0 atom stereocenters. The van der Waals surface area contributed by atoms with E-state index in [1.54, 1.807) is 5.38 Å². The van der Waals surface area contributed by atoms with Gasteiger partial charge in [0.05, 0.1) is 0 Å². The molecule has 0 aliphatic heterocycles. The summed E-state index contributed by atoms with van der Waals surface area (Å²) in [5, 5.41) is 2.30. The van der Waals surface area contributed by atoms with Crippen molar-refractivity contribution in [2.24, 2.45) is 0 Å². The van der Waals surface area contributed by atoms with Crippen LogP contribution in [-0.2, 0) is 0 Å². The molecule has 2 N–H and O–H groups in total. The molecule has 1 radical (unpaired) electrons. The first-order chi connectivity index (χ1) is 2.89. The molecule has 1 aromatic rings. The van der Waals surface area contributed by atoms with E-state index in [9.17, 15) is 0 Å². The van der Waals surface area contributed by atoms with Crippen molar-refractivity contribution in [1.82, 2.24) is 4.98 Å². The molecule has 0 aliphatic carbocycles. The number of thiazole rings is 1. The first-order valence-corrected chi connectivity index (χ1v) is 2.34. The Morgan fingerprint density at radius 3 is 2.71 bits per heavy atom. The van der Waals surface area contributed by atoms with Crippen molar-refractivity contribution < 1.29 is 0 Å². The largest absolute Gasteiger partial charge is 0.375 e. The van der Waals surface area contributed by atoms with Crippen molar-refractivity contribution in [3.05, 3.63) is 11.6 Å². The Kier molecular flexibility index (Phi) is 2.71. The van der Waals surface area contributed by atoms with Gasteiger partial charge < -0.3 is 5.73 Å². The van der Waals surface area contributed by atoms with Crippen LogP contribution in [0.3, 0.4) is 0 Å². The van der Waals surface area contributed by atoms with E-state index < -0.39 is 0 Å². The second-order valence-corrected chi connectivity index (χ2v) is 1.70. The summed E-state index contributed by atoms with van der Waals surface area (Å²) in [4.78, 5) is 3.59. The fraction of sp³-hybridized carbons (Fsp3) is 0. The molecular formula is C3H4ClN2S. The maximum absolute atomic E-state index is 5.15. The maximum Gasteiger partial charge on any atom is 0.180 e. The smallest absolute Gasteiger partial charge is 0.180 e. The molecule has 0 saturated carbocycles. The summed E-state index contributed by atoms with van der Waals surface area (Å²) < 4.78 is 0. The van der Waals surface area contributed by atoms with Crippen LogP contribution in [0.25, 0.3) is 0 Å². The number of nitrogens with two attached hydrogens (primary N) is 1. The van der Waals surface area contributed by atoms with Gasteiger partial charge in [-0.05, 0) is 0 Å². The first kappa shape index (κ1) is 6.72. The van der Waals surface area contributed by atoms with Gasteiger partial charge in [0.15, 0.2) is 5.13 Å². The fourth-order valence-electron chi connectivity index (χ4n) is 0.203. The van der Waals surface area contributed by atoms with Crippen molar-refractivity contribution in [2.75, 3.05) is 5.73 Å². The molecule has 0 bridgehead atoms. The van der Waals surface area contributed by atoms with Gasteiger partial charge in [0, 0.05) is 5.38 Å². The predicted molar refractivity (Wildman–Crippen MR) is 32.6 cm³/mol. The van der Waals surface area contributed by atoms with Gasteiger partial charge in [-0.2, -0.15) is 0 Å². The molecule has 0 fully saturated rings. The van der Waals surface area contributed by atoms with E-state index in [0.717, 1.165) is 0 Å². The lowest BCUT2D eigenvalue weighted by Gasteiger charge is -1.67. The van der Waals surface area contributed by atoms with Crippen LogP contribution in [0.1, 0.15) is 0 Å². The topological polar surface area (TPSA) is 38.9 Å². The highest BCUT2D eigenvalue weighted by atomic mass is 35.5. The fourth-order valence-corrected chi connectivity index (χ4v) is 0.535. The molecule has 0 aromatic carbocycles. The zero-order chi connectivity index (χ0) is 4.41. The van der Waals surface area contributed by atoms with Gasteiger partial charge in [-0.15, -0.1) is 23.7 Å². The summed E-state index contributed by atoms with van der Waals surface area (Å²) in [5.74, 6) is 0. The molecule has 0 aliphatic rings. The summed E-state index contributed by atoms with van der Waals surface area (Å²) in [7, 11) is 0. The third kappa shape index (κ3) is 1.75. The lowest BCUT2D eigenvalue weighted by Crippen LogP contribution is -1.77. The molecule has 39 valence electrons. The molecule has 4 heteroatoms.